The summed E-state index contributed by atoms with van der Waals surface area (Å²) in [6.45, 7) is 4.59. The van der Waals surface area contributed by atoms with Crippen LogP contribution in [0.3, 0.4) is 0 Å². The molecule has 1 rings (SSSR count). The van der Waals surface area contributed by atoms with Gasteiger partial charge < -0.3 is 10.4 Å². The number of aryl methyl sites for hydroxylation is 1. The SMILES string of the molecule is CCCC(NCc1ccc(C)c(Br)c1)C(=O)O. The Kier molecular flexibility index (Phi) is 5.65. The minimum atomic E-state index is -0.780. The summed E-state index contributed by atoms with van der Waals surface area (Å²) >= 11 is 3.47. The van der Waals surface area contributed by atoms with Crippen LogP contribution in [-0.4, -0.2) is 17.1 Å². The van der Waals surface area contributed by atoms with E-state index in [0.29, 0.717) is 13.0 Å². The van der Waals surface area contributed by atoms with E-state index in [-0.39, 0.29) is 0 Å². The number of carboxylic acid groups (broad SMARTS) is 1. The van der Waals surface area contributed by atoms with Gasteiger partial charge in [0.05, 0.1) is 0 Å². The van der Waals surface area contributed by atoms with Crippen molar-refractivity contribution in [3.8, 4) is 0 Å². The van der Waals surface area contributed by atoms with Gasteiger partial charge in [-0.05, 0) is 30.5 Å². The van der Waals surface area contributed by atoms with E-state index in [2.05, 4.69) is 21.2 Å². The van der Waals surface area contributed by atoms with Crippen molar-refractivity contribution in [2.45, 2.75) is 39.3 Å². The molecule has 0 saturated carbocycles. The zero-order chi connectivity index (χ0) is 12.8. The summed E-state index contributed by atoms with van der Waals surface area (Å²) in [6, 6.07) is 5.60. The van der Waals surface area contributed by atoms with Crippen molar-refractivity contribution in [2.75, 3.05) is 0 Å². The number of nitrogens with one attached hydrogen (secondary N) is 1. The number of halogens is 1. The van der Waals surface area contributed by atoms with E-state index in [4.69, 9.17) is 5.11 Å². The fraction of sp³-hybridized carbons (Fsp3) is 0.462. The lowest BCUT2D eigenvalue weighted by atomic mass is 10.1. The molecular weight excluding hydrogens is 282 g/mol. The van der Waals surface area contributed by atoms with Gasteiger partial charge in [-0.25, -0.2) is 0 Å². The van der Waals surface area contributed by atoms with E-state index in [1.54, 1.807) is 0 Å². The smallest absolute Gasteiger partial charge is 0.320 e. The third-order valence-corrected chi connectivity index (χ3v) is 3.52. The van der Waals surface area contributed by atoms with E-state index < -0.39 is 12.0 Å². The standard InChI is InChI=1S/C13H18BrNO2/c1-3-4-12(13(16)17)15-8-10-6-5-9(2)11(14)7-10/h5-7,12,15H,3-4,8H2,1-2H3,(H,16,17). The second kappa shape index (κ2) is 6.77. The summed E-state index contributed by atoms with van der Waals surface area (Å²) in [7, 11) is 0. The second-order valence-electron chi connectivity index (χ2n) is 4.14. The van der Waals surface area contributed by atoms with E-state index >= 15 is 0 Å². The van der Waals surface area contributed by atoms with Crippen molar-refractivity contribution in [2.24, 2.45) is 0 Å². The number of hydrogen-bond donors (Lipinski definition) is 2. The highest BCUT2D eigenvalue weighted by Gasteiger charge is 2.14. The number of benzene rings is 1. The molecule has 17 heavy (non-hydrogen) atoms. The van der Waals surface area contributed by atoms with E-state index in [9.17, 15) is 4.79 Å². The Bertz CT molecular complexity index is 393. The molecule has 1 unspecified atom stereocenters. The zero-order valence-corrected chi connectivity index (χ0v) is 11.8. The molecule has 0 bridgehead atoms. The van der Waals surface area contributed by atoms with Gasteiger partial charge in [-0.1, -0.05) is 41.4 Å². The molecule has 0 spiro atoms. The van der Waals surface area contributed by atoms with Gasteiger partial charge in [0.1, 0.15) is 6.04 Å². The van der Waals surface area contributed by atoms with Gasteiger partial charge in [0, 0.05) is 11.0 Å². The van der Waals surface area contributed by atoms with Crippen LogP contribution >= 0.6 is 15.9 Å². The minimum absolute atomic E-state index is 0.458. The molecule has 1 atom stereocenters. The number of aliphatic carboxylic acids is 1. The topological polar surface area (TPSA) is 49.3 Å². The first-order valence-corrected chi connectivity index (χ1v) is 6.55. The lowest BCUT2D eigenvalue weighted by molar-refractivity contribution is -0.139. The summed E-state index contributed by atoms with van der Waals surface area (Å²) in [5, 5.41) is 12.1. The molecule has 0 saturated heterocycles. The van der Waals surface area contributed by atoms with Crippen LogP contribution in [0.5, 0.6) is 0 Å². The van der Waals surface area contributed by atoms with Gasteiger partial charge in [0.25, 0.3) is 0 Å². The third-order valence-electron chi connectivity index (χ3n) is 2.66. The van der Waals surface area contributed by atoms with Crippen molar-refractivity contribution >= 4 is 21.9 Å². The highest BCUT2D eigenvalue weighted by molar-refractivity contribution is 9.10. The van der Waals surface area contributed by atoms with Gasteiger partial charge in [-0.15, -0.1) is 0 Å². The van der Waals surface area contributed by atoms with Crippen molar-refractivity contribution in [3.05, 3.63) is 33.8 Å². The van der Waals surface area contributed by atoms with Gasteiger partial charge in [-0.3, -0.25) is 4.79 Å². The quantitative estimate of drug-likeness (QED) is 0.848. The average molecular weight is 300 g/mol. The molecule has 3 nitrogen and oxygen atoms in total. The lowest BCUT2D eigenvalue weighted by Crippen LogP contribution is -2.35. The monoisotopic (exact) mass is 299 g/mol. The molecule has 1 aromatic carbocycles. The Hall–Kier alpha value is -0.870. The average Bonchev–Trinajstić information content (AvgIpc) is 2.28. The largest absolute Gasteiger partial charge is 0.480 e. The molecule has 0 aromatic heterocycles. The van der Waals surface area contributed by atoms with Crippen LogP contribution < -0.4 is 5.32 Å². The molecule has 0 heterocycles. The van der Waals surface area contributed by atoms with Gasteiger partial charge in [0.2, 0.25) is 0 Å². The first-order valence-electron chi connectivity index (χ1n) is 5.75. The van der Waals surface area contributed by atoms with Crippen molar-refractivity contribution in [1.29, 1.82) is 0 Å². The van der Waals surface area contributed by atoms with Crippen LogP contribution in [0, 0.1) is 6.92 Å². The Morgan fingerprint density at radius 2 is 2.24 bits per heavy atom. The lowest BCUT2D eigenvalue weighted by Gasteiger charge is -2.13. The van der Waals surface area contributed by atoms with Gasteiger partial charge in [-0.2, -0.15) is 0 Å². The number of carboxylic acids is 1. The van der Waals surface area contributed by atoms with Crippen molar-refractivity contribution < 1.29 is 9.90 Å². The van der Waals surface area contributed by atoms with E-state index in [0.717, 1.165) is 16.5 Å². The Morgan fingerprint density at radius 1 is 1.53 bits per heavy atom. The second-order valence-corrected chi connectivity index (χ2v) is 5.00. The summed E-state index contributed by atoms with van der Waals surface area (Å²) in [6.07, 6.45) is 1.52. The Labute approximate surface area is 110 Å². The summed E-state index contributed by atoms with van der Waals surface area (Å²) in [4.78, 5) is 11.0. The fourth-order valence-corrected chi connectivity index (χ4v) is 2.02. The van der Waals surface area contributed by atoms with Gasteiger partial charge >= 0.3 is 5.97 Å². The molecule has 0 fully saturated rings. The highest BCUT2D eigenvalue weighted by Crippen LogP contribution is 2.17. The number of carbonyl (C=O) groups is 1. The number of hydrogen-bond acceptors (Lipinski definition) is 2. The maximum absolute atomic E-state index is 11.0. The molecule has 0 aliphatic heterocycles. The van der Waals surface area contributed by atoms with Gasteiger partial charge in [0.15, 0.2) is 0 Å². The summed E-state index contributed by atoms with van der Waals surface area (Å²) in [5.74, 6) is -0.780. The van der Waals surface area contributed by atoms with Crippen LogP contribution in [0.25, 0.3) is 0 Å². The van der Waals surface area contributed by atoms with Crippen LogP contribution in [0.1, 0.15) is 30.9 Å². The van der Waals surface area contributed by atoms with E-state index in [1.165, 1.54) is 5.56 Å². The maximum atomic E-state index is 11.0. The fourth-order valence-electron chi connectivity index (χ4n) is 1.59. The molecule has 4 heteroatoms. The third kappa shape index (κ3) is 4.48. The first-order chi connectivity index (χ1) is 8.04. The van der Waals surface area contributed by atoms with Crippen LogP contribution in [0.15, 0.2) is 22.7 Å². The Morgan fingerprint density at radius 3 is 2.76 bits per heavy atom. The zero-order valence-electron chi connectivity index (χ0n) is 10.2. The normalized spacial score (nSPS) is 12.4. The Balaban J connectivity index is 2.59. The van der Waals surface area contributed by atoms with Crippen LogP contribution in [0.4, 0.5) is 0 Å². The molecule has 0 aliphatic carbocycles. The summed E-state index contributed by atoms with van der Waals surface area (Å²) in [5.41, 5.74) is 2.27. The maximum Gasteiger partial charge on any atom is 0.320 e. The predicted octanol–water partition coefficient (Wildman–Crippen LogP) is 3.10. The first kappa shape index (κ1) is 14.2. The van der Waals surface area contributed by atoms with E-state index in [1.807, 2.05) is 32.0 Å². The molecule has 0 aliphatic rings. The molecule has 0 amide bonds. The molecule has 94 valence electrons. The summed E-state index contributed by atoms with van der Waals surface area (Å²) < 4.78 is 1.05. The highest BCUT2D eigenvalue weighted by atomic mass is 79.9. The minimum Gasteiger partial charge on any atom is -0.480 e. The molecule has 0 radical (unpaired) electrons. The predicted molar refractivity (Wildman–Crippen MR) is 72.1 cm³/mol. The molecule has 2 N–H and O–H groups in total. The van der Waals surface area contributed by atoms with Crippen LogP contribution in [-0.2, 0) is 11.3 Å². The van der Waals surface area contributed by atoms with Crippen molar-refractivity contribution in [1.82, 2.24) is 5.32 Å². The molecular formula is C13H18BrNO2. The van der Waals surface area contributed by atoms with Crippen LogP contribution in [0.2, 0.25) is 0 Å². The molecule has 1 aromatic rings. The van der Waals surface area contributed by atoms with Crippen molar-refractivity contribution in [3.63, 3.8) is 0 Å². The number of rotatable bonds is 6.